The van der Waals surface area contributed by atoms with E-state index in [1.165, 1.54) is 4.31 Å². The van der Waals surface area contributed by atoms with Crippen LogP contribution in [0, 0.1) is 0 Å². The number of fused-ring (bicyclic) bond motifs is 1. The van der Waals surface area contributed by atoms with Crippen molar-refractivity contribution in [1.82, 2.24) is 14.1 Å². The highest BCUT2D eigenvalue weighted by Gasteiger charge is 2.29. The Balaban J connectivity index is 1.29. The molecule has 0 amide bonds. The second-order valence-corrected chi connectivity index (χ2v) is 8.91. The van der Waals surface area contributed by atoms with E-state index in [1.54, 1.807) is 41.4 Å². The van der Waals surface area contributed by atoms with Gasteiger partial charge in [0.25, 0.3) is 0 Å². The van der Waals surface area contributed by atoms with Gasteiger partial charge in [-0.3, -0.25) is 0 Å². The van der Waals surface area contributed by atoms with Crippen molar-refractivity contribution in [2.75, 3.05) is 6.54 Å². The summed E-state index contributed by atoms with van der Waals surface area (Å²) in [5, 5.41) is 4.19. The maximum atomic E-state index is 13.0. The van der Waals surface area contributed by atoms with Gasteiger partial charge in [-0.1, -0.05) is 0 Å². The Hall–Kier alpha value is -3.36. The monoisotopic (exact) mass is 421 g/mol. The minimum absolute atomic E-state index is 0.235. The van der Waals surface area contributed by atoms with Crippen LogP contribution < -0.4 is 4.74 Å². The van der Waals surface area contributed by atoms with Crippen molar-refractivity contribution in [2.24, 2.45) is 0 Å². The van der Waals surface area contributed by atoms with E-state index < -0.39 is 10.0 Å². The summed E-state index contributed by atoms with van der Waals surface area (Å²) in [5.74, 6) is 1.93. The van der Waals surface area contributed by atoms with Gasteiger partial charge in [0.05, 0.1) is 23.4 Å². The predicted octanol–water partition coefficient (Wildman–Crippen LogP) is 4.00. The number of nitrogens with zero attached hydrogens (tertiary/aromatic N) is 3. The highest BCUT2D eigenvalue weighted by molar-refractivity contribution is 7.89. The van der Waals surface area contributed by atoms with E-state index in [0.717, 1.165) is 11.3 Å². The Morgan fingerprint density at radius 2 is 1.70 bits per heavy atom. The zero-order valence-corrected chi connectivity index (χ0v) is 16.8. The lowest BCUT2D eigenvalue weighted by molar-refractivity contribution is 0.343. The summed E-state index contributed by atoms with van der Waals surface area (Å²) >= 11 is 0. The molecule has 0 atom stereocenters. The van der Waals surface area contributed by atoms with E-state index in [-0.39, 0.29) is 11.4 Å². The molecule has 3 heterocycles. The van der Waals surface area contributed by atoms with Gasteiger partial charge in [0, 0.05) is 18.9 Å². The third kappa shape index (κ3) is 3.51. The normalized spacial score (nSPS) is 14.4. The molecule has 152 valence electrons. The number of ether oxygens (including phenoxy) is 1. The summed E-state index contributed by atoms with van der Waals surface area (Å²) in [5.41, 5.74) is 2.00. The Morgan fingerprint density at radius 1 is 0.967 bits per heavy atom. The molecule has 30 heavy (non-hydrogen) atoms. The van der Waals surface area contributed by atoms with E-state index in [4.69, 9.17) is 9.15 Å². The first-order valence-corrected chi connectivity index (χ1v) is 11.0. The second kappa shape index (κ2) is 7.47. The molecule has 1 aliphatic heterocycles. The SMILES string of the molecule is O=S(=O)(c1ccc(Oc2ccc(-n3cccn3)cc2)cc1)N1CCc2ccoc2C1. The first kappa shape index (κ1) is 18.7. The average Bonchev–Trinajstić information content (AvgIpc) is 3.46. The van der Waals surface area contributed by atoms with Crippen LogP contribution in [-0.4, -0.2) is 29.0 Å². The fourth-order valence-electron chi connectivity index (χ4n) is 3.47. The zero-order chi connectivity index (χ0) is 20.6. The van der Waals surface area contributed by atoms with E-state index in [1.807, 2.05) is 42.6 Å². The van der Waals surface area contributed by atoms with Crippen molar-refractivity contribution in [3.05, 3.63) is 90.6 Å². The molecule has 0 unspecified atom stereocenters. The number of hydrogen-bond donors (Lipinski definition) is 0. The van der Waals surface area contributed by atoms with Crippen molar-refractivity contribution in [3.63, 3.8) is 0 Å². The maximum absolute atomic E-state index is 13.0. The van der Waals surface area contributed by atoms with Gasteiger partial charge in [0.1, 0.15) is 17.3 Å². The lowest BCUT2D eigenvalue weighted by atomic mass is 10.1. The molecule has 4 aromatic rings. The van der Waals surface area contributed by atoms with Crippen LogP contribution in [0.5, 0.6) is 11.5 Å². The molecule has 5 rings (SSSR count). The Kier molecular flexibility index (Phi) is 4.65. The average molecular weight is 421 g/mol. The third-order valence-corrected chi connectivity index (χ3v) is 6.95. The number of hydrogen-bond acceptors (Lipinski definition) is 5. The molecular formula is C22H19N3O4S. The van der Waals surface area contributed by atoms with Crippen LogP contribution in [-0.2, 0) is 23.0 Å². The van der Waals surface area contributed by atoms with Crippen molar-refractivity contribution in [2.45, 2.75) is 17.9 Å². The van der Waals surface area contributed by atoms with Gasteiger partial charge in [-0.2, -0.15) is 9.40 Å². The largest absolute Gasteiger partial charge is 0.468 e. The van der Waals surface area contributed by atoms with Gasteiger partial charge in [-0.15, -0.1) is 0 Å². The Morgan fingerprint density at radius 3 is 2.40 bits per heavy atom. The van der Waals surface area contributed by atoms with Crippen LogP contribution in [0.15, 0.2) is 88.6 Å². The molecule has 2 aromatic carbocycles. The highest BCUT2D eigenvalue weighted by Crippen LogP contribution is 2.28. The predicted molar refractivity (Wildman–Crippen MR) is 110 cm³/mol. The van der Waals surface area contributed by atoms with Gasteiger partial charge in [-0.05, 0) is 72.6 Å². The lowest BCUT2D eigenvalue weighted by Gasteiger charge is -2.25. The molecular weight excluding hydrogens is 402 g/mol. The molecule has 0 N–H and O–H groups in total. The van der Waals surface area contributed by atoms with E-state index >= 15 is 0 Å². The van der Waals surface area contributed by atoms with Gasteiger partial charge in [-0.25, -0.2) is 13.1 Å². The van der Waals surface area contributed by atoms with Crippen molar-refractivity contribution >= 4 is 10.0 Å². The van der Waals surface area contributed by atoms with Crippen LogP contribution >= 0.6 is 0 Å². The van der Waals surface area contributed by atoms with Crippen LogP contribution in [0.4, 0.5) is 0 Å². The van der Waals surface area contributed by atoms with Gasteiger partial charge in [0.2, 0.25) is 10.0 Å². The minimum atomic E-state index is -3.59. The molecule has 0 radical (unpaired) electrons. The molecule has 0 fully saturated rings. The van der Waals surface area contributed by atoms with Crippen LogP contribution in [0.25, 0.3) is 5.69 Å². The third-order valence-electron chi connectivity index (χ3n) is 5.09. The molecule has 0 saturated heterocycles. The number of aromatic nitrogens is 2. The van der Waals surface area contributed by atoms with E-state index in [0.29, 0.717) is 30.2 Å². The standard InChI is InChI=1S/C22H19N3O4S/c26-30(27,24-14-10-17-11-15-28-22(17)16-24)21-8-6-20(7-9-21)29-19-4-2-18(3-5-19)25-13-1-12-23-25/h1-9,11-13,15H,10,14,16H2. The summed E-state index contributed by atoms with van der Waals surface area (Å²) < 4.78 is 40.4. The molecule has 0 bridgehead atoms. The molecule has 0 spiro atoms. The number of furan rings is 1. The summed E-state index contributed by atoms with van der Waals surface area (Å²) in [7, 11) is -3.59. The van der Waals surface area contributed by atoms with Crippen LogP contribution in [0.1, 0.15) is 11.3 Å². The Bertz CT molecular complexity index is 1240. The Labute approximate surface area is 174 Å². The van der Waals surface area contributed by atoms with Crippen LogP contribution in [0.2, 0.25) is 0 Å². The van der Waals surface area contributed by atoms with Crippen molar-refractivity contribution in [1.29, 1.82) is 0 Å². The van der Waals surface area contributed by atoms with Gasteiger partial charge < -0.3 is 9.15 Å². The summed E-state index contributed by atoms with van der Waals surface area (Å²) in [6.45, 7) is 0.696. The number of sulfonamides is 1. The minimum Gasteiger partial charge on any atom is -0.468 e. The summed E-state index contributed by atoms with van der Waals surface area (Å²) in [6, 6.07) is 17.7. The van der Waals surface area contributed by atoms with E-state index in [9.17, 15) is 8.42 Å². The first-order chi connectivity index (χ1) is 14.6. The number of rotatable bonds is 5. The lowest BCUT2D eigenvalue weighted by Crippen LogP contribution is -2.35. The van der Waals surface area contributed by atoms with Gasteiger partial charge in [0.15, 0.2) is 0 Å². The zero-order valence-electron chi connectivity index (χ0n) is 16.0. The molecule has 7 nitrogen and oxygen atoms in total. The fourth-order valence-corrected chi connectivity index (χ4v) is 4.87. The van der Waals surface area contributed by atoms with Gasteiger partial charge >= 0.3 is 0 Å². The first-order valence-electron chi connectivity index (χ1n) is 9.53. The molecule has 1 aliphatic rings. The highest BCUT2D eigenvalue weighted by atomic mass is 32.2. The van der Waals surface area contributed by atoms with Crippen molar-refractivity contribution in [3.8, 4) is 17.2 Å². The maximum Gasteiger partial charge on any atom is 0.243 e. The van der Waals surface area contributed by atoms with Crippen molar-refractivity contribution < 1.29 is 17.6 Å². The summed E-state index contributed by atoms with van der Waals surface area (Å²) in [4.78, 5) is 0.235. The smallest absolute Gasteiger partial charge is 0.243 e. The second-order valence-electron chi connectivity index (χ2n) is 6.98. The molecule has 0 aliphatic carbocycles. The molecule has 0 saturated carbocycles. The topological polar surface area (TPSA) is 77.6 Å². The summed E-state index contributed by atoms with van der Waals surface area (Å²) in [6.07, 6.45) is 5.84. The quantitative estimate of drug-likeness (QED) is 0.487. The van der Waals surface area contributed by atoms with E-state index in [2.05, 4.69) is 5.10 Å². The molecule has 2 aromatic heterocycles. The number of benzene rings is 2. The van der Waals surface area contributed by atoms with Crippen LogP contribution in [0.3, 0.4) is 0 Å². The fraction of sp³-hybridized carbons (Fsp3) is 0.136. The molecule has 8 heteroatoms.